The van der Waals surface area contributed by atoms with Crippen LogP contribution in [0.25, 0.3) is 0 Å². The van der Waals surface area contributed by atoms with Crippen LogP contribution in [0.2, 0.25) is 5.02 Å². The fourth-order valence-corrected chi connectivity index (χ4v) is 4.51. The van der Waals surface area contributed by atoms with E-state index in [2.05, 4.69) is 15.0 Å². The summed E-state index contributed by atoms with van der Waals surface area (Å²) >= 11 is 5.68. The minimum Gasteiger partial charge on any atom is -0.393 e. The van der Waals surface area contributed by atoms with Crippen molar-refractivity contribution in [3.63, 3.8) is 0 Å². The number of hydrogen-bond donors (Lipinski definition) is 3. The van der Waals surface area contributed by atoms with Gasteiger partial charge in [-0.3, -0.25) is 9.52 Å². The molecular weight excluding hydrogens is 397 g/mol. The molecule has 1 aliphatic rings. The van der Waals surface area contributed by atoms with Gasteiger partial charge < -0.3 is 10.4 Å². The predicted octanol–water partition coefficient (Wildman–Crippen LogP) is 2.78. The zero-order valence-electron chi connectivity index (χ0n) is 14.0. The second-order valence-electron chi connectivity index (χ2n) is 6.25. The number of amides is 1. The summed E-state index contributed by atoms with van der Waals surface area (Å²) in [6, 6.07) is 6.46. The lowest BCUT2D eigenvalue weighted by molar-refractivity contribution is 0.102. The van der Waals surface area contributed by atoms with Crippen molar-refractivity contribution < 1.29 is 22.7 Å². The quantitative estimate of drug-likeness (QED) is 0.698. The Hall–Kier alpha value is -2.23. The summed E-state index contributed by atoms with van der Waals surface area (Å²) in [5.74, 6) is -1.13. The Morgan fingerprint density at radius 2 is 2.04 bits per heavy atom. The molecule has 1 heterocycles. The van der Waals surface area contributed by atoms with Crippen molar-refractivity contribution >= 4 is 39.0 Å². The fraction of sp³-hybridized carbons (Fsp3) is 0.294. The molecular formula is C17H17ClFN3O4S. The van der Waals surface area contributed by atoms with Crippen LogP contribution in [-0.4, -0.2) is 35.8 Å². The molecule has 3 rings (SSSR count). The number of carbonyl (C=O) groups is 1. The smallest absolute Gasteiger partial charge is 0.255 e. The number of pyridine rings is 1. The number of hydrogen-bond acceptors (Lipinski definition) is 5. The SMILES string of the molecule is O=C(Nc1ccc(F)c(Cl)c1)c1ccnc(NS(=O)(=O)C2CCC(O)C2)c1. The number of aliphatic hydroxyl groups excluding tert-OH is 1. The third-order valence-corrected chi connectivity index (χ3v) is 6.33. The molecule has 1 saturated carbocycles. The van der Waals surface area contributed by atoms with Crippen molar-refractivity contribution in [1.29, 1.82) is 0 Å². The summed E-state index contributed by atoms with van der Waals surface area (Å²) < 4.78 is 40.3. The predicted molar refractivity (Wildman–Crippen MR) is 99.8 cm³/mol. The molecule has 3 N–H and O–H groups in total. The zero-order chi connectivity index (χ0) is 19.6. The van der Waals surface area contributed by atoms with Crippen LogP contribution in [0.3, 0.4) is 0 Å². The van der Waals surface area contributed by atoms with Gasteiger partial charge in [-0.2, -0.15) is 0 Å². The van der Waals surface area contributed by atoms with Gasteiger partial charge >= 0.3 is 0 Å². The second-order valence-corrected chi connectivity index (χ2v) is 8.62. The Kier molecular flexibility index (Phi) is 5.64. The standard InChI is InChI=1S/C17H17ClFN3O4S/c18-14-8-11(1-4-15(14)19)21-17(24)10-5-6-20-16(7-10)22-27(25,26)13-3-2-12(23)9-13/h1,4-8,12-13,23H,2-3,9H2,(H,20,22)(H,21,24). The highest BCUT2D eigenvalue weighted by molar-refractivity contribution is 7.93. The van der Waals surface area contributed by atoms with E-state index in [1.54, 1.807) is 0 Å². The van der Waals surface area contributed by atoms with E-state index < -0.39 is 33.1 Å². The number of carbonyl (C=O) groups excluding carboxylic acids is 1. The molecule has 1 aliphatic carbocycles. The maximum Gasteiger partial charge on any atom is 0.255 e. The van der Waals surface area contributed by atoms with E-state index in [4.69, 9.17) is 11.6 Å². The molecule has 10 heteroatoms. The molecule has 0 aliphatic heterocycles. The van der Waals surface area contributed by atoms with E-state index in [1.165, 1.54) is 30.5 Å². The van der Waals surface area contributed by atoms with Gasteiger partial charge in [0.2, 0.25) is 10.0 Å². The topological polar surface area (TPSA) is 108 Å². The molecule has 1 fully saturated rings. The average molecular weight is 414 g/mol. The number of nitrogens with zero attached hydrogens (tertiary/aromatic N) is 1. The number of aliphatic hydroxyl groups is 1. The molecule has 0 spiro atoms. The van der Waals surface area contributed by atoms with Gasteiger partial charge in [-0.1, -0.05) is 11.6 Å². The summed E-state index contributed by atoms with van der Waals surface area (Å²) in [4.78, 5) is 16.3. The molecule has 7 nitrogen and oxygen atoms in total. The summed E-state index contributed by atoms with van der Waals surface area (Å²) in [5, 5.41) is 11.2. The minimum atomic E-state index is -3.72. The highest BCUT2D eigenvalue weighted by Crippen LogP contribution is 2.26. The van der Waals surface area contributed by atoms with Crippen LogP contribution >= 0.6 is 11.6 Å². The maximum atomic E-state index is 13.2. The molecule has 2 aromatic rings. The van der Waals surface area contributed by atoms with Crippen LogP contribution in [0.15, 0.2) is 36.5 Å². The number of rotatable bonds is 5. The largest absolute Gasteiger partial charge is 0.393 e. The van der Waals surface area contributed by atoms with E-state index in [0.717, 1.165) is 6.07 Å². The van der Waals surface area contributed by atoms with Crippen molar-refractivity contribution in [1.82, 2.24) is 4.98 Å². The Morgan fingerprint density at radius 1 is 1.26 bits per heavy atom. The first-order valence-electron chi connectivity index (χ1n) is 8.17. The lowest BCUT2D eigenvalue weighted by atomic mass is 10.2. The number of halogens is 2. The van der Waals surface area contributed by atoms with Crippen molar-refractivity contribution in [3.05, 3.63) is 52.9 Å². The molecule has 27 heavy (non-hydrogen) atoms. The van der Waals surface area contributed by atoms with E-state index in [-0.39, 0.29) is 22.8 Å². The molecule has 1 aromatic carbocycles. The highest BCUT2D eigenvalue weighted by Gasteiger charge is 2.33. The minimum absolute atomic E-state index is 0.00109. The third-order valence-electron chi connectivity index (χ3n) is 4.24. The fourth-order valence-electron chi connectivity index (χ4n) is 2.83. The maximum absolute atomic E-state index is 13.2. The summed E-state index contributed by atoms with van der Waals surface area (Å²) in [6.07, 6.45) is 1.64. The average Bonchev–Trinajstić information content (AvgIpc) is 3.05. The van der Waals surface area contributed by atoms with Crippen molar-refractivity contribution in [2.24, 2.45) is 0 Å². The van der Waals surface area contributed by atoms with Gasteiger partial charge in [-0.25, -0.2) is 17.8 Å². The summed E-state index contributed by atoms with van der Waals surface area (Å²) in [7, 11) is -3.72. The Balaban J connectivity index is 1.73. The molecule has 1 aromatic heterocycles. The molecule has 0 radical (unpaired) electrons. The van der Waals surface area contributed by atoms with Crippen molar-refractivity contribution in [2.45, 2.75) is 30.6 Å². The van der Waals surface area contributed by atoms with Gasteiger partial charge in [-0.15, -0.1) is 0 Å². The van der Waals surface area contributed by atoms with Crippen molar-refractivity contribution in [3.8, 4) is 0 Å². The Morgan fingerprint density at radius 3 is 2.70 bits per heavy atom. The lowest BCUT2D eigenvalue weighted by Gasteiger charge is -2.13. The van der Waals surface area contributed by atoms with Gasteiger partial charge in [-0.05, 0) is 49.6 Å². The Bertz CT molecular complexity index is 970. The number of anilines is 2. The van der Waals surface area contributed by atoms with E-state index in [0.29, 0.717) is 18.5 Å². The van der Waals surface area contributed by atoms with Gasteiger partial charge in [0, 0.05) is 17.4 Å². The van der Waals surface area contributed by atoms with E-state index in [1.807, 2.05) is 0 Å². The van der Waals surface area contributed by atoms with Crippen LogP contribution < -0.4 is 10.0 Å². The highest BCUT2D eigenvalue weighted by atomic mass is 35.5. The van der Waals surface area contributed by atoms with Crippen molar-refractivity contribution in [2.75, 3.05) is 10.0 Å². The molecule has 0 saturated heterocycles. The van der Waals surface area contributed by atoms with E-state index >= 15 is 0 Å². The molecule has 2 unspecified atom stereocenters. The lowest BCUT2D eigenvalue weighted by Crippen LogP contribution is -2.26. The monoisotopic (exact) mass is 413 g/mol. The number of aromatic nitrogens is 1. The first-order chi connectivity index (χ1) is 12.7. The van der Waals surface area contributed by atoms with Gasteiger partial charge in [0.05, 0.1) is 16.4 Å². The first kappa shape index (κ1) is 19.5. The van der Waals surface area contributed by atoms with Crippen LogP contribution in [-0.2, 0) is 10.0 Å². The summed E-state index contributed by atoms with van der Waals surface area (Å²) in [6.45, 7) is 0. The van der Waals surface area contributed by atoms with Gasteiger partial charge in [0.1, 0.15) is 11.6 Å². The second kappa shape index (κ2) is 7.79. The van der Waals surface area contributed by atoms with Crippen LogP contribution in [0, 0.1) is 5.82 Å². The van der Waals surface area contributed by atoms with E-state index in [9.17, 15) is 22.7 Å². The van der Waals surface area contributed by atoms with Gasteiger partial charge in [0.15, 0.2) is 0 Å². The normalized spacial score (nSPS) is 19.7. The zero-order valence-corrected chi connectivity index (χ0v) is 15.6. The number of nitrogens with one attached hydrogen (secondary N) is 2. The summed E-state index contributed by atoms with van der Waals surface area (Å²) in [5.41, 5.74) is 0.458. The third kappa shape index (κ3) is 4.74. The Labute approximate surface area is 160 Å². The molecule has 0 bridgehead atoms. The first-order valence-corrected chi connectivity index (χ1v) is 10.1. The van der Waals surface area contributed by atoms with Crippen LogP contribution in [0.5, 0.6) is 0 Å². The van der Waals surface area contributed by atoms with Gasteiger partial charge in [0.25, 0.3) is 5.91 Å². The molecule has 1 amide bonds. The molecule has 144 valence electrons. The van der Waals surface area contributed by atoms with Crippen LogP contribution in [0.4, 0.5) is 15.9 Å². The molecule has 2 atom stereocenters. The van der Waals surface area contributed by atoms with Crippen LogP contribution in [0.1, 0.15) is 29.6 Å². The number of benzene rings is 1. The number of sulfonamides is 1.